The van der Waals surface area contributed by atoms with E-state index in [0.29, 0.717) is 56.0 Å². The van der Waals surface area contributed by atoms with E-state index in [-0.39, 0.29) is 29.7 Å². The minimum absolute atomic E-state index is 0.128. The van der Waals surface area contributed by atoms with Crippen LogP contribution in [0.2, 0.25) is 0 Å². The van der Waals surface area contributed by atoms with Crippen LogP contribution in [0.5, 0.6) is 5.75 Å². The third-order valence-corrected chi connectivity index (χ3v) is 7.01. The number of imidazole rings is 1. The van der Waals surface area contributed by atoms with Crippen molar-refractivity contribution in [2.24, 2.45) is 5.92 Å². The number of nitrogens with zero attached hydrogens (tertiary/aromatic N) is 3. The number of methoxy groups -OCH3 is 1. The van der Waals surface area contributed by atoms with Crippen LogP contribution in [0.15, 0.2) is 48.8 Å². The standard InChI is InChI=1S/C27H29FN4O4/c1-17-3-6-20(13-22(17)28)30-26(33)19-9-11-31(12-10-19)27(34)25-23-15-36-24(14-32(23)16-29-25)18-4-7-21(35-2)8-5-18/h3-8,13,16,19,24H,9-12,14-15H2,1-2H3,(H,30,33)/t24-/m1/s1. The van der Waals surface area contributed by atoms with Gasteiger partial charge >= 0.3 is 0 Å². The fraction of sp³-hybridized carbons (Fsp3) is 0.370. The zero-order valence-corrected chi connectivity index (χ0v) is 20.4. The largest absolute Gasteiger partial charge is 0.497 e. The van der Waals surface area contributed by atoms with Gasteiger partial charge in [-0.1, -0.05) is 18.2 Å². The number of aromatic nitrogens is 2. The second-order valence-electron chi connectivity index (χ2n) is 9.28. The topological polar surface area (TPSA) is 85.7 Å². The van der Waals surface area contributed by atoms with E-state index in [0.717, 1.165) is 17.0 Å². The molecule has 2 aromatic carbocycles. The van der Waals surface area contributed by atoms with Crippen LogP contribution in [0.4, 0.5) is 10.1 Å². The molecule has 9 heteroatoms. The van der Waals surface area contributed by atoms with Gasteiger partial charge in [0.05, 0.1) is 32.3 Å². The SMILES string of the molecule is COc1ccc([C@H]2Cn3cnc(C(=O)N4CCC(C(=O)Nc5ccc(C)c(F)c5)CC4)c3CO2)cc1. The summed E-state index contributed by atoms with van der Waals surface area (Å²) in [7, 11) is 1.63. The molecule has 8 nitrogen and oxygen atoms in total. The van der Waals surface area contributed by atoms with Crippen LogP contribution in [0.3, 0.4) is 0 Å². The molecule has 5 rings (SSSR count). The molecule has 0 unspecified atom stereocenters. The second kappa shape index (κ2) is 10.1. The molecule has 2 aliphatic rings. The predicted octanol–water partition coefficient (Wildman–Crippen LogP) is 4.10. The maximum atomic E-state index is 13.8. The molecule has 1 aromatic heterocycles. The van der Waals surface area contributed by atoms with E-state index in [1.807, 2.05) is 28.8 Å². The Bertz CT molecular complexity index is 1270. The summed E-state index contributed by atoms with van der Waals surface area (Å²) in [5, 5.41) is 2.79. The Labute approximate surface area is 209 Å². The summed E-state index contributed by atoms with van der Waals surface area (Å²) in [6.07, 6.45) is 2.65. The van der Waals surface area contributed by atoms with Crippen molar-refractivity contribution in [3.8, 4) is 5.75 Å². The van der Waals surface area contributed by atoms with Crippen molar-refractivity contribution in [3.05, 3.63) is 77.1 Å². The lowest BCUT2D eigenvalue weighted by molar-refractivity contribution is -0.121. The van der Waals surface area contributed by atoms with Crippen molar-refractivity contribution in [1.29, 1.82) is 0 Å². The summed E-state index contributed by atoms with van der Waals surface area (Å²) < 4.78 is 27.1. The van der Waals surface area contributed by atoms with Gasteiger partial charge in [0, 0.05) is 24.7 Å². The molecule has 188 valence electrons. The summed E-state index contributed by atoms with van der Waals surface area (Å²) in [4.78, 5) is 32.1. The number of aryl methyl sites for hydroxylation is 1. The van der Waals surface area contributed by atoms with Crippen LogP contribution < -0.4 is 10.1 Å². The molecular weight excluding hydrogens is 463 g/mol. The third kappa shape index (κ3) is 4.83. The van der Waals surface area contributed by atoms with Gasteiger partial charge in [-0.25, -0.2) is 9.37 Å². The van der Waals surface area contributed by atoms with Gasteiger partial charge in [0.25, 0.3) is 5.91 Å². The third-order valence-electron chi connectivity index (χ3n) is 7.01. The molecule has 2 aliphatic heterocycles. The normalized spacial score (nSPS) is 18.0. The summed E-state index contributed by atoms with van der Waals surface area (Å²) in [6.45, 7) is 3.46. The smallest absolute Gasteiger partial charge is 0.274 e. The number of amides is 2. The van der Waals surface area contributed by atoms with Gasteiger partial charge < -0.3 is 24.3 Å². The highest BCUT2D eigenvalue weighted by Crippen LogP contribution is 2.30. The van der Waals surface area contributed by atoms with Crippen LogP contribution in [0, 0.1) is 18.7 Å². The van der Waals surface area contributed by atoms with Gasteiger partial charge in [-0.2, -0.15) is 0 Å². The summed E-state index contributed by atoms with van der Waals surface area (Å²) in [5.74, 6) is -0.0905. The van der Waals surface area contributed by atoms with Crippen molar-refractivity contribution >= 4 is 17.5 Å². The van der Waals surface area contributed by atoms with Crippen LogP contribution in [0.1, 0.15) is 46.3 Å². The first-order valence-corrected chi connectivity index (χ1v) is 12.1. The fourth-order valence-corrected chi connectivity index (χ4v) is 4.74. The van der Waals surface area contributed by atoms with Crippen LogP contribution in [-0.4, -0.2) is 46.5 Å². The first kappa shape index (κ1) is 24.0. The lowest BCUT2D eigenvalue weighted by atomic mass is 9.95. The number of halogens is 1. The quantitative estimate of drug-likeness (QED) is 0.580. The summed E-state index contributed by atoms with van der Waals surface area (Å²) in [5.41, 5.74) is 3.19. The highest BCUT2D eigenvalue weighted by atomic mass is 19.1. The molecule has 36 heavy (non-hydrogen) atoms. The molecule has 3 heterocycles. The number of anilines is 1. The zero-order chi connectivity index (χ0) is 25.2. The predicted molar refractivity (Wildman–Crippen MR) is 131 cm³/mol. The van der Waals surface area contributed by atoms with Crippen LogP contribution in [0.25, 0.3) is 0 Å². The number of rotatable bonds is 5. The van der Waals surface area contributed by atoms with Crippen LogP contribution in [-0.2, 0) is 22.7 Å². The average molecular weight is 493 g/mol. The molecule has 0 spiro atoms. The van der Waals surface area contributed by atoms with Crippen molar-refractivity contribution in [1.82, 2.24) is 14.5 Å². The molecule has 0 aliphatic carbocycles. The molecule has 2 amide bonds. The van der Waals surface area contributed by atoms with Gasteiger partial charge in [-0.15, -0.1) is 0 Å². The number of carbonyl (C=O) groups is 2. The van der Waals surface area contributed by atoms with Gasteiger partial charge in [-0.05, 0) is 55.2 Å². The monoisotopic (exact) mass is 492 g/mol. The minimum Gasteiger partial charge on any atom is -0.497 e. The Morgan fingerprint density at radius 1 is 1.14 bits per heavy atom. The number of nitrogens with one attached hydrogen (secondary N) is 1. The minimum atomic E-state index is -0.351. The maximum absolute atomic E-state index is 13.8. The molecule has 3 aromatic rings. The number of carbonyl (C=O) groups excluding carboxylic acids is 2. The van der Waals surface area contributed by atoms with E-state index in [4.69, 9.17) is 9.47 Å². The number of hydrogen-bond acceptors (Lipinski definition) is 5. The van der Waals surface area contributed by atoms with E-state index >= 15 is 0 Å². The Morgan fingerprint density at radius 2 is 1.89 bits per heavy atom. The lowest BCUT2D eigenvalue weighted by Gasteiger charge is -2.31. The molecule has 1 saturated heterocycles. The molecule has 0 radical (unpaired) electrons. The number of benzene rings is 2. The van der Waals surface area contributed by atoms with E-state index in [2.05, 4.69) is 10.3 Å². The molecule has 1 fully saturated rings. The molecule has 0 saturated carbocycles. The van der Waals surface area contributed by atoms with Crippen molar-refractivity contribution in [3.63, 3.8) is 0 Å². The highest BCUT2D eigenvalue weighted by Gasteiger charge is 2.32. The molecule has 0 bridgehead atoms. The van der Waals surface area contributed by atoms with Gasteiger partial charge in [-0.3, -0.25) is 9.59 Å². The Kier molecular flexibility index (Phi) is 6.73. The first-order valence-electron chi connectivity index (χ1n) is 12.1. The Morgan fingerprint density at radius 3 is 2.58 bits per heavy atom. The fourth-order valence-electron chi connectivity index (χ4n) is 4.74. The number of fused-ring (bicyclic) bond motifs is 1. The van der Waals surface area contributed by atoms with E-state index in [1.54, 1.807) is 37.4 Å². The average Bonchev–Trinajstić information content (AvgIpc) is 3.34. The number of piperidine rings is 1. The first-order chi connectivity index (χ1) is 17.4. The number of hydrogen-bond donors (Lipinski definition) is 1. The van der Waals surface area contributed by atoms with Gasteiger partial charge in [0.1, 0.15) is 17.7 Å². The molecular formula is C27H29FN4O4. The summed E-state index contributed by atoms with van der Waals surface area (Å²) >= 11 is 0. The van der Waals surface area contributed by atoms with Crippen molar-refractivity contribution in [2.45, 2.75) is 39.0 Å². The van der Waals surface area contributed by atoms with Crippen LogP contribution >= 0.6 is 0 Å². The number of ether oxygens (including phenoxy) is 2. The number of likely N-dealkylation sites (tertiary alicyclic amines) is 1. The summed E-state index contributed by atoms with van der Waals surface area (Å²) in [6, 6.07) is 12.4. The van der Waals surface area contributed by atoms with Crippen molar-refractivity contribution in [2.75, 3.05) is 25.5 Å². The lowest BCUT2D eigenvalue weighted by Crippen LogP contribution is -2.42. The van der Waals surface area contributed by atoms with Crippen molar-refractivity contribution < 1.29 is 23.5 Å². The van der Waals surface area contributed by atoms with E-state index < -0.39 is 0 Å². The van der Waals surface area contributed by atoms with E-state index in [9.17, 15) is 14.0 Å². The Hall–Kier alpha value is -3.72. The Balaban J connectivity index is 1.18. The van der Waals surface area contributed by atoms with E-state index in [1.165, 1.54) is 6.07 Å². The molecule has 1 atom stereocenters. The maximum Gasteiger partial charge on any atom is 0.274 e. The van der Waals surface area contributed by atoms with Gasteiger partial charge in [0.2, 0.25) is 5.91 Å². The zero-order valence-electron chi connectivity index (χ0n) is 20.4. The van der Waals surface area contributed by atoms with Gasteiger partial charge in [0.15, 0.2) is 5.69 Å². The molecule has 1 N–H and O–H groups in total. The highest BCUT2D eigenvalue weighted by molar-refractivity contribution is 5.95. The second-order valence-corrected chi connectivity index (χ2v) is 9.28.